The minimum absolute atomic E-state index is 0.236. The predicted molar refractivity (Wildman–Crippen MR) is 73.6 cm³/mol. The third kappa shape index (κ3) is 3.76. The maximum absolute atomic E-state index is 13.5. The normalized spacial score (nSPS) is 12.4. The van der Waals surface area contributed by atoms with Gasteiger partial charge in [0, 0.05) is 10.6 Å². The van der Waals surface area contributed by atoms with Crippen LogP contribution in [0, 0.1) is 11.6 Å². The van der Waals surface area contributed by atoms with E-state index in [1.54, 1.807) is 30.3 Å². The summed E-state index contributed by atoms with van der Waals surface area (Å²) in [6, 6.07) is 12.5. The fourth-order valence-corrected chi connectivity index (χ4v) is 2.71. The molecule has 0 bridgehead atoms. The standard InChI is InChI=1S/C14H14F2N2S/c15-11-5-3-4-10(8-11)13(18-17)9-19-14-7-2-1-6-12(14)16/h1-8,13,18H,9,17H2. The van der Waals surface area contributed by atoms with E-state index in [0.29, 0.717) is 10.6 Å². The first-order valence-corrected chi connectivity index (χ1v) is 6.78. The molecule has 2 aromatic rings. The molecule has 2 rings (SSSR count). The van der Waals surface area contributed by atoms with Gasteiger partial charge < -0.3 is 0 Å². The van der Waals surface area contributed by atoms with Crippen molar-refractivity contribution in [2.24, 2.45) is 5.84 Å². The molecule has 5 heteroatoms. The smallest absolute Gasteiger partial charge is 0.136 e. The Kier molecular flexibility index (Phi) is 4.90. The number of hydrazine groups is 1. The number of rotatable bonds is 5. The lowest BCUT2D eigenvalue weighted by molar-refractivity contribution is 0.587. The minimum atomic E-state index is -0.311. The van der Waals surface area contributed by atoms with E-state index in [9.17, 15) is 8.78 Å². The zero-order valence-corrected chi connectivity index (χ0v) is 11.0. The molecule has 0 saturated carbocycles. The highest BCUT2D eigenvalue weighted by Crippen LogP contribution is 2.26. The van der Waals surface area contributed by atoms with E-state index in [1.807, 2.05) is 0 Å². The van der Waals surface area contributed by atoms with Crippen LogP contribution >= 0.6 is 11.8 Å². The lowest BCUT2D eigenvalue weighted by Gasteiger charge is -2.16. The Morgan fingerprint density at radius 1 is 1.11 bits per heavy atom. The monoisotopic (exact) mass is 280 g/mol. The summed E-state index contributed by atoms with van der Waals surface area (Å²) in [5.41, 5.74) is 3.37. The molecule has 100 valence electrons. The van der Waals surface area contributed by atoms with Crippen LogP contribution in [0.25, 0.3) is 0 Å². The van der Waals surface area contributed by atoms with Crippen molar-refractivity contribution in [2.45, 2.75) is 10.9 Å². The van der Waals surface area contributed by atoms with E-state index in [2.05, 4.69) is 5.43 Å². The van der Waals surface area contributed by atoms with Crippen LogP contribution in [0.2, 0.25) is 0 Å². The maximum Gasteiger partial charge on any atom is 0.136 e. The van der Waals surface area contributed by atoms with Gasteiger partial charge in [0.1, 0.15) is 11.6 Å². The molecule has 2 nitrogen and oxygen atoms in total. The SMILES string of the molecule is NNC(CSc1ccccc1F)c1cccc(F)c1. The second-order valence-electron chi connectivity index (χ2n) is 4.02. The molecule has 0 radical (unpaired) electrons. The first-order valence-electron chi connectivity index (χ1n) is 5.79. The summed E-state index contributed by atoms with van der Waals surface area (Å²) in [5.74, 6) is 5.42. The van der Waals surface area contributed by atoms with Crippen molar-refractivity contribution in [2.75, 3.05) is 5.75 Å². The van der Waals surface area contributed by atoms with Crippen molar-refractivity contribution < 1.29 is 8.78 Å². The molecular weight excluding hydrogens is 266 g/mol. The van der Waals surface area contributed by atoms with Gasteiger partial charge in [-0.05, 0) is 29.8 Å². The van der Waals surface area contributed by atoms with Gasteiger partial charge in [-0.15, -0.1) is 11.8 Å². The molecule has 0 aliphatic heterocycles. The highest BCUT2D eigenvalue weighted by Gasteiger charge is 2.12. The van der Waals surface area contributed by atoms with Gasteiger partial charge in [-0.1, -0.05) is 24.3 Å². The van der Waals surface area contributed by atoms with Gasteiger partial charge in [-0.25, -0.2) is 8.78 Å². The third-order valence-corrected chi connectivity index (χ3v) is 3.84. The Morgan fingerprint density at radius 3 is 2.58 bits per heavy atom. The van der Waals surface area contributed by atoms with Crippen LogP contribution in [0.15, 0.2) is 53.4 Å². The van der Waals surface area contributed by atoms with E-state index in [4.69, 9.17) is 5.84 Å². The van der Waals surface area contributed by atoms with Gasteiger partial charge in [0.2, 0.25) is 0 Å². The predicted octanol–water partition coefficient (Wildman–Crippen LogP) is 3.26. The fourth-order valence-electron chi connectivity index (χ4n) is 1.70. The molecule has 3 N–H and O–H groups in total. The molecule has 1 atom stereocenters. The Labute approximate surface area is 115 Å². The summed E-state index contributed by atoms with van der Waals surface area (Å²) >= 11 is 1.34. The molecule has 2 aromatic carbocycles. The second-order valence-corrected chi connectivity index (χ2v) is 5.08. The van der Waals surface area contributed by atoms with Crippen LogP contribution in [0.3, 0.4) is 0 Å². The zero-order valence-electron chi connectivity index (χ0n) is 10.1. The fraction of sp³-hybridized carbons (Fsp3) is 0.143. The van der Waals surface area contributed by atoms with Gasteiger partial charge in [-0.2, -0.15) is 0 Å². The first-order chi connectivity index (χ1) is 9.20. The van der Waals surface area contributed by atoms with Crippen molar-refractivity contribution in [3.63, 3.8) is 0 Å². The highest BCUT2D eigenvalue weighted by atomic mass is 32.2. The maximum atomic E-state index is 13.5. The molecular formula is C14H14F2N2S. The number of thioether (sulfide) groups is 1. The number of nitrogens with one attached hydrogen (secondary N) is 1. The van der Waals surface area contributed by atoms with Crippen molar-refractivity contribution in [3.05, 3.63) is 65.7 Å². The summed E-state index contributed by atoms with van der Waals surface area (Å²) in [4.78, 5) is 0.555. The van der Waals surface area contributed by atoms with E-state index in [-0.39, 0.29) is 17.7 Å². The molecule has 0 heterocycles. The Morgan fingerprint density at radius 2 is 1.89 bits per heavy atom. The Balaban J connectivity index is 2.06. The molecule has 0 amide bonds. The van der Waals surface area contributed by atoms with Gasteiger partial charge in [-0.3, -0.25) is 11.3 Å². The van der Waals surface area contributed by atoms with E-state index in [1.165, 1.54) is 30.0 Å². The lowest BCUT2D eigenvalue weighted by Crippen LogP contribution is -2.29. The van der Waals surface area contributed by atoms with Crippen LogP contribution in [0.4, 0.5) is 8.78 Å². The average molecular weight is 280 g/mol. The zero-order chi connectivity index (χ0) is 13.7. The molecule has 0 aromatic heterocycles. The number of benzene rings is 2. The summed E-state index contributed by atoms with van der Waals surface area (Å²) < 4.78 is 26.6. The molecule has 0 aliphatic rings. The number of nitrogens with two attached hydrogens (primary N) is 1. The van der Waals surface area contributed by atoms with Gasteiger partial charge in [0.05, 0.1) is 6.04 Å². The third-order valence-electron chi connectivity index (χ3n) is 2.69. The molecule has 19 heavy (non-hydrogen) atoms. The van der Waals surface area contributed by atoms with Crippen LogP contribution in [0.5, 0.6) is 0 Å². The van der Waals surface area contributed by atoms with E-state index in [0.717, 1.165) is 5.56 Å². The summed E-state index contributed by atoms with van der Waals surface area (Å²) in [6.45, 7) is 0. The quantitative estimate of drug-likeness (QED) is 0.501. The van der Waals surface area contributed by atoms with Crippen LogP contribution in [-0.2, 0) is 0 Å². The van der Waals surface area contributed by atoms with Gasteiger partial charge >= 0.3 is 0 Å². The topological polar surface area (TPSA) is 38.0 Å². The largest absolute Gasteiger partial charge is 0.271 e. The van der Waals surface area contributed by atoms with Crippen molar-refractivity contribution in [1.29, 1.82) is 0 Å². The molecule has 0 fully saturated rings. The molecule has 0 saturated heterocycles. The van der Waals surface area contributed by atoms with Crippen LogP contribution in [0.1, 0.15) is 11.6 Å². The van der Waals surface area contributed by atoms with E-state index >= 15 is 0 Å². The van der Waals surface area contributed by atoms with Crippen molar-refractivity contribution >= 4 is 11.8 Å². The average Bonchev–Trinajstić information content (AvgIpc) is 2.41. The number of hydrogen-bond acceptors (Lipinski definition) is 3. The van der Waals surface area contributed by atoms with Crippen molar-refractivity contribution in [3.8, 4) is 0 Å². The molecule has 0 aliphatic carbocycles. The van der Waals surface area contributed by atoms with Crippen LogP contribution in [-0.4, -0.2) is 5.75 Å². The Bertz CT molecular complexity index is 548. The summed E-state index contributed by atoms with van der Waals surface area (Å²) in [5, 5.41) is 0. The lowest BCUT2D eigenvalue weighted by atomic mass is 10.1. The molecule has 1 unspecified atom stereocenters. The number of halogens is 2. The first kappa shape index (κ1) is 14.0. The minimum Gasteiger partial charge on any atom is -0.271 e. The summed E-state index contributed by atoms with van der Waals surface area (Å²) in [7, 11) is 0. The second kappa shape index (κ2) is 6.65. The molecule has 0 spiro atoms. The number of hydrogen-bond donors (Lipinski definition) is 2. The van der Waals surface area contributed by atoms with Crippen molar-refractivity contribution in [1.82, 2.24) is 5.43 Å². The Hall–Kier alpha value is -1.43. The summed E-state index contributed by atoms with van der Waals surface area (Å²) in [6.07, 6.45) is 0. The highest BCUT2D eigenvalue weighted by molar-refractivity contribution is 7.99. The van der Waals surface area contributed by atoms with Gasteiger partial charge in [0.25, 0.3) is 0 Å². The van der Waals surface area contributed by atoms with Crippen LogP contribution < -0.4 is 11.3 Å². The van der Waals surface area contributed by atoms with E-state index < -0.39 is 0 Å². The van der Waals surface area contributed by atoms with Gasteiger partial charge in [0.15, 0.2) is 0 Å².